The minimum atomic E-state index is -0.961. The van der Waals surface area contributed by atoms with E-state index in [1.54, 1.807) is 0 Å². The molecule has 1 spiro atoms. The molecule has 1 heterocycles. The Morgan fingerprint density at radius 2 is 2.25 bits per heavy atom. The molecule has 114 valence electrons. The molecule has 5 nitrogen and oxygen atoms in total. The Bertz CT molecular complexity index is 344. The van der Waals surface area contributed by atoms with E-state index in [4.69, 9.17) is 9.84 Å². The van der Waals surface area contributed by atoms with Gasteiger partial charge in [-0.05, 0) is 37.9 Å². The number of carbonyl (C=O) groups is 2. The number of rotatable bonds is 7. The summed E-state index contributed by atoms with van der Waals surface area (Å²) in [7, 11) is 0. The molecule has 2 rings (SSSR count). The quantitative estimate of drug-likeness (QED) is 0.701. The first kappa shape index (κ1) is 15.6. The fourth-order valence-electron chi connectivity index (χ4n) is 3.21. The van der Waals surface area contributed by atoms with E-state index in [-0.39, 0.29) is 5.60 Å². The average Bonchev–Trinajstić information content (AvgIpc) is 2.85. The Kier molecular flexibility index (Phi) is 5.72. The Balaban J connectivity index is 1.73. The number of carbonyl (C=O) groups excluding carboxylic acids is 1. The molecule has 2 atom stereocenters. The molecule has 0 radical (unpaired) electrons. The number of amides is 1. The van der Waals surface area contributed by atoms with E-state index >= 15 is 0 Å². The second-order valence-corrected chi connectivity index (χ2v) is 7.10. The van der Waals surface area contributed by atoms with Crippen molar-refractivity contribution in [1.82, 2.24) is 5.32 Å². The number of aliphatic carboxylic acids is 1. The number of hydrogen-bond donors (Lipinski definition) is 2. The first-order valence-corrected chi connectivity index (χ1v) is 8.38. The van der Waals surface area contributed by atoms with Gasteiger partial charge in [0.2, 0.25) is 6.41 Å². The van der Waals surface area contributed by atoms with E-state index in [1.165, 1.54) is 25.7 Å². The highest BCUT2D eigenvalue weighted by molar-refractivity contribution is 7.99. The normalized spacial score (nSPS) is 26.3. The van der Waals surface area contributed by atoms with Crippen molar-refractivity contribution in [3.8, 4) is 0 Å². The maximum atomic E-state index is 10.9. The molecule has 0 aromatic carbocycles. The molecule has 0 aromatic rings. The van der Waals surface area contributed by atoms with Crippen LogP contribution in [-0.4, -0.2) is 46.7 Å². The minimum Gasteiger partial charge on any atom is -0.480 e. The molecule has 2 fully saturated rings. The van der Waals surface area contributed by atoms with Crippen molar-refractivity contribution >= 4 is 24.1 Å². The summed E-state index contributed by atoms with van der Waals surface area (Å²) < 4.78 is 5.99. The Labute approximate surface area is 123 Å². The van der Waals surface area contributed by atoms with Gasteiger partial charge in [-0.3, -0.25) is 4.79 Å². The fourth-order valence-corrected chi connectivity index (χ4v) is 4.60. The van der Waals surface area contributed by atoms with Gasteiger partial charge >= 0.3 is 5.97 Å². The van der Waals surface area contributed by atoms with Gasteiger partial charge in [-0.25, -0.2) is 4.79 Å². The Morgan fingerprint density at radius 3 is 2.90 bits per heavy atom. The molecular formula is C14H23NO4S. The van der Waals surface area contributed by atoms with Gasteiger partial charge in [-0.2, -0.15) is 11.8 Å². The largest absolute Gasteiger partial charge is 0.480 e. The lowest BCUT2D eigenvalue weighted by Crippen LogP contribution is -2.39. The SMILES string of the molecule is O=CNC(CCSC1CCOC2(CCCC2)C1)C(=O)O. The lowest BCUT2D eigenvalue weighted by molar-refractivity contribution is -0.140. The number of carboxylic acid groups (broad SMARTS) is 1. The topological polar surface area (TPSA) is 75.6 Å². The van der Waals surface area contributed by atoms with Crippen molar-refractivity contribution in [2.45, 2.75) is 61.8 Å². The van der Waals surface area contributed by atoms with Crippen LogP contribution in [0.4, 0.5) is 0 Å². The molecule has 1 aliphatic carbocycles. The van der Waals surface area contributed by atoms with Crippen LogP contribution in [0.2, 0.25) is 0 Å². The van der Waals surface area contributed by atoms with E-state index in [9.17, 15) is 9.59 Å². The van der Waals surface area contributed by atoms with Crippen molar-refractivity contribution in [3.05, 3.63) is 0 Å². The molecule has 1 aliphatic heterocycles. The zero-order valence-electron chi connectivity index (χ0n) is 11.7. The molecule has 0 aromatic heterocycles. The second kappa shape index (κ2) is 7.31. The van der Waals surface area contributed by atoms with Crippen LogP contribution in [0.15, 0.2) is 0 Å². The summed E-state index contributed by atoms with van der Waals surface area (Å²) in [6, 6.07) is -0.764. The lowest BCUT2D eigenvalue weighted by Gasteiger charge is -2.38. The first-order valence-electron chi connectivity index (χ1n) is 7.33. The van der Waals surface area contributed by atoms with Gasteiger partial charge in [0.15, 0.2) is 0 Å². The zero-order valence-corrected chi connectivity index (χ0v) is 12.5. The Morgan fingerprint density at radius 1 is 1.50 bits per heavy atom. The van der Waals surface area contributed by atoms with E-state index in [0.29, 0.717) is 18.1 Å². The highest BCUT2D eigenvalue weighted by Gasteiger charge is 2.39. The first-order chi connectivity index (χ1) is 9.65. The third-order valence-electron chi connectivity index (χ3n) is 4.29. The maximum absolute atomic E-state index is 10.9. The van der Waals surface area contributed by atoms with Crippen LogP contribution in [0, 0.1) is 0 Å². The summed E-state index contributed by atoms with van der Waals surface area (Å²) in [6.07, 6.45) is 7.96. The van der Waals surface area contributed by atoms with Crippen LogP contribution in [-0.2, 0) is 14.3 Å². The molecular weight excluding hydrogens is 278 g/mol. The lowest BCUT2D eigenvalue weighted by atomic mass is 9.92. The van der Waals surface area contributed by atoms with Gasteiger partial charge in [0.25, 0.3) is 0 Å². The van der Waals surface area contributed by atoms with Crippen molar-refractivity contribution in [2.75, 3.05) is 12.4 Å². The summed E-state index contributed by atoms with van der Waals surface area (Å²) in [5, 5.41) is 11.9. The van der Waals surface area contributed by atoms with E-state index in [1.807, 2.05) is 11.8 Å². The van der Waals surface area contributed by atoms with Crippen LogP contribution in [0.5, 0.6) is 0 Å². The van der Waals surface area contributed by atoms with E-state index < -0.39 is 12.0 Å². The van der Waals surface area contributed by atoms with Crippen molar-refractivity contribution < 1.29 is 19.4 Å². The molecule has 1 amide bonds. The third-order valence-corrected chi connectivity index (χ3v) is 5.64. The molecule has 6 heteroatoms. The van der Waals surface area contributed by atoms with Crippen LogP contribution >= 0.6 is 11.8 Å². The van der Waals surface area contributed by atoms with Gasteiger partial charge in [-0.15, -0.1) is 0 Å². The summed E-state index contributed by atoms with van der Waals surface area (Å²) >= 11 is 1.83. The van der Waals surface area contributed by atoms with Crippen LogP contribution < -0.4 is 5.32 Å². The van der Waals surface area contributed by atoms with Crippen LogP contribution in [0.1, 0.15) is 44.9 Å². The maximum Gasteiger partial charge on any atom is 0.326 e. The molecule has 2 aliphatic rings. The molecule has 1 saturated carbocycles. The zero-order chi connectivity index (χ0) is 14.4. The smallest absolute Gasteiger partial charge is 0.326 e. The molecule has 0 bridgehead atoms. The third kappa shape index (κ3) is 4.12. The van der Waals surface area contributed by atoms with Gasteiger partial charge < -0.3 is 15.2 Å². The predicted molar refractivity (Wildman–Crippen MR) is 77.9 cm³/mol. The monoisotopic (exact) mass is 301 g/mol. The summed E-state index contributed by atoms with van der Waals surface area (Å²) in [6.45, 7) is 0.826. The Hall–Kier alpha value is -0.750. The summed E-state index contributed by atoms with van der Waals surface area (Å²) in [5.41, 5.74) is 0.114. The van der Waals surface area contributed by atoms with Crippen molar-refractivity contribution in [2.24, 2.45) is 0 Å². The highest BCUT2D eigenvalue weighted by atomic mass is 32.2. The number of ether oxygens (including phenoxy) is 1. The van der Waals surface area contributed by atoms with Gasteiger partial charge in [0, 0.05) is 11.9 Å². The van der Waals surface area contributed by atoms with Crippen molar-refractivity contribution in [3.63, 3.8) is 0 Å². The standard InChI is InChI=1S/C14H23NO4S/c16-10-15-12(13(17)18)4-8-20-11-3-7-19-14(9-11)5-1-2-6-14/h10-12H,1-9H2,(H,15,16)(H,17,18). The van der Waals surface area contributed by atoms with Gasteiger partial charge in [0.1, 0.15) is 6.04 Å². The summed E-state index contributed by atoms with van der Waals surface area (Å²) in [4.78, 5) is 21.3. The van der Waals surface area contributed by atoms with Gasteiger partial charge in [0.05, 0.1) is 5.60 Å². The summed E-state index contributed by atoms with van der Waals surface area (Å²) in [5.74, 6) is -0.199. The number of thioether (sulfide) groups is 1. The molecule has 20 heavy (non-hydrogen) atoms. The van der Waals surface area contributed by atoms with Crippen molar-refractivity contribution in [1.29, 1.82) is 0 Å². The number of carboxylic acids is 1. The highest BCUT2D eigenvalue weighted by Crippen LogP contribution is 2.43. The van der Waals surface area contributed by atoms with E-state index in [2.05, 4.69) is 5.32 Å². The second-order valence-electron chi connectivity index (χ2n) is 5.69. The van der Waals surface area contributed by atoms with E-state index in [0.717, 1.165) is 25.2 Å². The van der Waals surface area contributed by atoms with Crippen LogP contribution in [0.25, 0.3) is 0 Å². The molecule has 2 unspecified atom stereocenters. The number of hydrogen-bond acceptors (Lipinski definition) is 4. The predicted octanol–water partition coefficient (Wildman–Crippen LogP) is 1.80. The number of nitrogens with one attached hydrogen (secondary N) is 1. The average molecular weight is 301 g/mol. The fraction of sp³-hybridized carbons (Fsp3) is 0.857. The minimum absolute atomic E-state index is 0.114. The van der Waals surface area contributed by atoms with Crippen LogP contribution in [0.3, 0.4) is 0 Å². The molecule has 2 N–H and O–H groups in total. The van der Waals surface area contributed by atoms with Gasteiger partial charge in [-0.1, -0.05) is 12.8 Å². The molecule has 1 saturated heterocycles.